The molecule has 22 heavy (non-hydrogen) atoms. The van der Waals surface area contributed by atoms with Crippen LogP contribution in [0.2, 0.25) is 0 Å². The number of carbonyl (C=O) groups is 1. The van der Waals surface area contributed by atoms with E-state index in [1.807, 2.05) is 0 Å². The van der Waals surface area contributed by atoms with Crippen molar-refractivity contribution < 1.29 is 13.2 Å². The molecule has 0 amide bonds. The Hall–Kier alpha value is -1.20. The maximum Gasteiger partial charge on any atom is 0.243 e. The lowest BCUT2D eigenvalue weighted by Gasteiger charge is -2.40. The van der Waals surface area contributed by atoms with Crippen molar-refractivity contribution in [3.63, 3.8) is 0 Å². The van der Waals surface area contributed by atoms with Crippen LogP contribution in [-0.4, -0.2) is 31.6 Å². The van der Waals surface area contributed by atoms with Gasteiger partial charge in [0.2, 0.25) is 10.0 Å². The van der Waals surface area contributed by atoms with E-state index >= 15 is 0 Å². The molecular weight excluding hydrogens is 298 g/mol. The Morgan fingerprint density at radius 2 is 1.68 bits per heavy atom. The van der Waals surface area contributed by atoms with Gasteiger partial charge in [-0.25, -0.2) is 8.42 Å². The highest BCUT2D eigenvalue weighted by atomic mass is 32.2. The van der Waals surface area contributed by atoms with E-state index in [0.717, 1.165) is 12.8 Å². The largest absolute Gasteiger partial charge is 0.295 e. The van der Waals surface area contributed by atoms with E-state index in [1.54, 1.807) is 28.6 Å². The molecule has 2 fully saturated rings. The number of piperidine rings is 1. The zero-order valence-electron chi connectivity index (χ0n) is 13.0. The van der Waals surface area contributed by atoms with Crippen molar-refractivity contribution in [1.82, 2.24) is 4.31 Å². The first-order chi connectivity index (χ1) is 10.5. The van der Waals surface area contributed by atoms with Crippen molar-refractivity contribution in [1.29, 1.82) is 0 Å². The van der Waals surface area contributed by atoms with Crippen LogP contribution >= 0.6 is 0 Å². The highest BCUT2D eigenvalue weighted by Crippen LogP contribution is 2.37. The molecule has 1 aliphatic heterocycles. The van der Waals surface area contributed by atoms with Crippen LogP contribution in [0, 0.1) is 11.8 Å². The second-order valence-electron chi connectivity index (χ2n) is 6.54. The highest BCUT2D eigenvalue weighted by Gasteiger charge is 2.36. The predicted octanol–water partition coefficient (Wildman–Crippen LogP) is 3.09. The van der Waals surface area contributed by atoms with Crippen molar-refractivity contribution in [2.75, 3.05) is 13.1 Å². The normalized spacial score (nSPS) is 26.4. The van der Waals surface area contributed by atoms with Crippen LogP contribution in [0.25, 0.3) is 0 Å². The minimum Gasteiger partial charge on any atom is -0.295 e. The molecule has 3 rings (SSSR count). The topological polar surface area (TPSA) is 54.5 Å². The third-order valence-electron chi connectivity index (χ3n) is 5.15. The second-order valence-corrected chi connectivity index (χ2v) is 8.47. The summed E-state index contributed by atoms with van der Waals surface area (Å²) in [6.45, 7) is 2.76. The van der Waals surface area contributed by atoms with Crippen LogP contribution < -0.4 is 0 Å². The molecule has 0 bridgehead atoms. The van der Waals surface area contributed by atoms with Crippen LogP contribution in [0.3, 0.4) is 0 Å². The van der Waals surface area contributed by atoms with E-state index < -0.39 is 10.0 Å². The van der Waals surface area contributed by atoms with Gasteiger partial charge in [0, 0.05) is 18.7 Å². The van der Waals surface area contributed by atoms with Gasteiger partial charge in [-0.15, -0.1) is 0 Å². The number of sulfonamides is 1. The summed E-state index contributed by atoms with van der Waals surface area (Å²) in [5.74, 6) is 1.18. The van der Waals surface area contributed by atoms with Crippen LogP contribution in [-0.2, 0) is 10.0 Å². The summed E-state index contributed by atoms with van der Waals surface area (Å²) < 4.78 is 27.2. The lowest BCUT2D eigenvalue weighted by molar-refractivity contribution is 0.101. The van der Waals surface area contributed by atoms with Gasteiger partial charge in [0.15, 0.2) is 5.78 Å². The molecule has 0 radical (unpaired) electrons. The first kappa shape index (κ1) is 15.7. The van der Waals surface area contributed by atoms with Gasteiger partial charge in [0.25, 0.3) is 0 Å². The maximum absolute atomic E-state index is 12.8. The van der Waals surface area contributed by atoms with Crippen molar-refractivity contribution in [2.24, 2.45) is 11.8 Å². The Balaban J connectivity index is 1.79. The molecule has 0 spiro atoms. The number of Topliss-reactive ketones (excluding diaryl/α,β-unsaturated/α-hetero) is 1. The summed E-state index contributed by atoms with van der Waals surface area (Å²) in [5, 5.41) is 0. The Bertz CT molecular complexity index is 651. The molecule has 1 aromatic carbocycles. The van der Waals surface area contributed by atoms with Gasteiger partial charge in [0.05, 0.1) is 4.90 Å². The number of ketones is 1. The lowest BCUT2D eigenvalue weighted by atomic mass is 9.76. The number of carbonyl (C=O) groups excluding carboxylic acids is 1. The van der Waals surface area contributed by atoms with E-state index in [-0.39, 0.29) is 5.78 Å². The zero-order chi connectivity index (χ0) is 15.7. The van der Waals surface area contributed by atoms with E-state index in [4.69, 9.17) is 0 Å². The number of rotatable bonds is 3. The molecule has 2 aliphatic rings. The Morgan fingerprint density at radius 3 is 2.32 bits per heavy atom. The lowest BCUT2D eigenvalue weighted by Crippen LogP contribution is -2.44. The van der Waals surface area contributed by atoms with Crippen molar-refractivity contribution >= 4 is 15.8 Å². The van der Waals surface area contributed by atoms with Crippen LogP contribution in [0.5, 0.6) is 0 Å². The predicted molar refractivity (Wildman–Crippen MR) is 85.3 cm³/mol. The monoisotopic (exact) mass is 321 g/mol. The quantitative estimate of drug-likeness (QED) is 0.804. The number of benzene rings is 1. The molecule has 1 heterocycles. The van der Waals surface area contributed by atoms with E-state index in [9.17, 15) is 13.2 Å². The maximum atomic E-state index is 12.8. The number of fused-ring (bicyclic) bond motifs is 1. The van der Waals surface area contributed by atoms with E-state index in [2.05, 4.69) is 0 Å². The average molecular weight is 321 g/mol. The number of nitrogens with zero attached hydrogens (tertiary/aromatic N) is 1. The van der Waals surface area contributed by atoms with Gasteiger partial charge in [-0.3, -0.25) is 4.79 Å². The van der Waals surface area contributed by atoms with Crippen LogP contribution in [0.4, 0.5) is 0 Å². The summed E-state index contributed by atoms with van der Waals surface area (Å²) in [5.41, 5.74) is 0.546. The molecule has 1 aliphatic carbocycles. The molecule has 1 aromatic rings. The molecule has 120 valence electrons. The first-order valence-corrected chi connectivity index (χ1v) is 9.53. The number of hydrogen-bond donors (Lipinski definition) is 0. The summed E-state index contributed by atoms with van der Waals surface area (Å²) in [6.07, 6.45) is 5.91. The average Bonchev–Trinajstić information content (AvgIpc) is 2.54. The van der Waals surface area contributed by atoms with Gasteiger partial charge < -0.3 is 0 Å². The fraction of sp³-hybridized carbons (Fsp3) is 0.588. The molecule has 0 N–H and O–H groups in total. The third kappa shape index (κ3) is 2.97. The molecule has 1 saturated carbocycles. The molecule has 4 nitrogen and oxygen atoms in total. The molecular formula is C17H23NO3S. The van der Waals surface area contributed by atoms with Gasteiger partial charge >= 0.3 is 0 Å². The highest BCUT2D eigenvalue weighted by molar-refractivity contribution is 7.89. The van der Waals surface area contributed by atoms with Gasteiger partial charge in [-0.1, -0.05) is 31.4 Å². The Kier molecular flexibility index (Phi) is 4.37. The van der Waals surface area contributed by atoms with Crippen molar-refractivity contribution in [3.05, 3.63) is 29.8 Å². The van der Waals surface area contributed by atoms with E-state index in [1.165, 1.54) is 26.2 Å². The molecule has 5 heteroatoms. The minimum atomic E-state index is -3.43. The second kappa shape index (κ2) is 6.13. The Morgan fingerprint density at radius 1 is 1.05 bits per heavy atom. The summed E-state index contributed by atoms with van der Waals surface area (Å²) in [7, 11) is -3.43. The third-order valence-corrected chi connectivity index (χ3v) is 7.03. The van der Waals surface area contributed by atoms with Gasteiger partial charge in [-0.05, 0) is 43.7 Å². The van der Waals surface area contributed by atoms with Crippen LogP contribution in [0.15, 0.2) is 29.2 Å². The fourth-order valence-electron chi connectivity index (χ4n) is 3.80. The SMILES string of the molecule is CC(=O)c1ccc(S(=O)(=O)N2CC[C@H]3CCCC[C@@H]3C2)cc1. The van der Waals surface area contributed by atoms with Crippen molar-refractivity contribution in [2.45, 2.75) is 43.9 Å². The standard InChI is InChI=1S/C17H23NO3S/c1-13(19)14-6-8-17(9-7-14)22(20,21)18-11-10-15-4-2-3-5-16(15)12-18/h6-9,15-16H,2-5,10-12H2,1H3/t15-,16-/m1/s1. The zero-order valence-corrected chi connectivity index (χ0v) is 13.8. The summed E-state index contributed by atoms with van der Waals surface area (Å²) in [4.78, 5) is 11.6. The minimum absolute atomic E-state index is 0.0491. The molecule has 1 saturated heterocycles. The van der Waals surface area contributed by atoms with Crippen LogP contribution in [0.1, 0.15) is 49.4 Å². The summed E-state index contributed by atoms with van der Waals surface area (Å²) >= 11 is 0. The molecule has 0 aromatic heterocycles. The molecule has 2 atom stereocenters. The Labute approximate surface area is 132 Å². The van der Waals surface area contributed by atoms with E-state index in [0.29, 0.717) is 35.4 Å². The first-order valence-electron chi connectivity index (χ1n) is 8.09. The van der Waals surface area contributed by atoms with Gasteiger partial charge in [0.1, 0.15) is 0 Å². The smallest absolute Gasteiger partial charge is 0.243 e. The van der Waals surface area contributed by atoms with Gasteiger partial charge in [-0.2, -0.15) is 4.31 Å². The van der Waals surface area contributed by atoms with Crippen molar-refractivity contribution in [3.8, 4) is 0 Å². The number of hydrogen-bond acceptors (Lipinski definition) is 3. The molecule has 0 unspecified atom stereocenters. The summed E-state index contributed by atoms with van der Waals surface area (Å²) in [6, 6.07) is 6.31. The fourth-order valence-corrected chi connectivity index (χ4v) is 5.31.